The van der Waals surface area contributed by atoms with E-state index in [1.807, 2.05) is 30.3 Å². The van der Waals surface area contributed by atoms with Crippen LogP contribution in [0.2, 0.25) is 0 Å². The number of thioether (sulfide) groups is 1. The van der Waals surface area contributed by atoms with Gasteiger partial charge in [-0.2, -0.15) is 0 Å². The van der Waals surface area contributed by atoms with Gasteiger partial charge in [0.1, 0.15) is 6.26 Å². The highest BCUT2D eigenvalue weighted by Gasteiger charge is 2.32. The van der Waals surface area contributed by atoms with Crippen molar-refractivity contribution in [2.75, 3.05) is 39.1 Å². The van der Waals surface area contributed by atoms with Crippen molar-refractivity contribution in [2.45, 2.75) is 18.6 Å². The van der Waals surface area contributed by atoms with Gasteiger partial charge in [0.15, 0.2) is 0 Å². The fourth-order valence-electron chi connectivity index (χ4n) is 3.31. The maximum absolute atomic E-state index is 12.2. The Morgan fingerprint density at radius 2 is 2.07 bits per heavy atom. The van der Waals surface area contributed by atoms with Crippen molar-refractivity contribution in [2.24, 2.45) is 5.41 Å². The molecule has 0 aliphatic carbocycles. The first kappa shape index (κ1) is 22.7. The second-order valence-electron chi connectivity index (χ2n) is 6.96. The number of nitrogens with one attached hydrogen (secondary N) is 2. The van der Waals surface area contributed by atoms with Gasteiger partial charge in [0.25, 0.3) is 0 Å². The monoisotopic (exact) mass is 425 g/mol. The SMILES string of the molecule is COCC1(CNC(=O)CSCc2coc(-c3ccccc3)n2)CCNCC1.Cl. The molecule has 1 amide bonds. The first-order valence-corrected chi connectivity index (χ1v) is 10.4. The molecule has 154 valence electrons. The van der Waals surface area contributed by atoms with Crippen LogP contribution in [0.5, 0.6) is 0 Å². The molecule has 1 saturated heterocycles. The fourth-order valence-corrected chi connectivity index (χ4v) is 4.04. The fraction of sp³-hybridized carbons (Fsp3) is 0.500. The normalized spacial score (nSPS) is 15.6. The van der Waals surface area contributed by atoms with Crippen LogP contribution in [0.15, 0.2) is 41.0 Å². The van der Waals surface area contributed by atoms with Gasteiger partial charge < -0.3 is 19.8 Å². The Morgan fingerprint density at radius 3 is 2.79 bits per heavy atom. The summed E-state index contributed by atoms with van der Waals surface area (Å²) in [5.74, 6) is 1.73. The zero-order chi connectivity index (χ0) is 19.0. The number of amides is 1. The molecular weight excluding hydrogens is 398 g/mol. The van der Waals surface area contributed by atoms with E-state index in [2.05, 4.69) is 15.6 Å². The minimum atomic E-state index is 0. The molecule has 1 fully saturated rings. The van der Waals surface area contributed by atoms with Gasteiger partial charge in [-0.1, -0.05) is 18.2 Å². The predicted octanol–water partition coefficient (Wildman–Crippen LogP) is 3.13. The lowest BCUT2D eigenvalue weighted by Gasteiger charge is -2.37. The molecule has 2 heterocycles. The molecule has 8 heteroatoms. The quantitative estimate of drug-likeness (QED) is 0.642. The highest BCUT2D eigenvalue weighted by atomic mass is 35.5. The summed E-state index contributed by atoms with van der Waals surface area (Å²) in [6.07, 6.45) is 3.71. The number of hydrogen-bond acceptors (Lipinski definition) is 6. The Bertz CT molecular complexity index is 715. The highest BCUT2D eigenvalue weighted by Crippen LogP contribution is 2.28. The van der Waals surface area contributed by atoms with Crippen LogP contribution in [0.4, 0.5) is 0 Å². The highest BCUT2D eigenvalue weighted by molar-refractivity contribution is 7.99. The van der Waals surface area contributed by atoms with Crippen LogP contribution in [0.25, 0.3) is 11.5 Å². The minimum Gasteiger partial charge on any atom is -0.444 e. The Labute approximate surface area is 176 Å². The molecule has 0 saturated carbocycles. The van der Waals surface area contributed by atoms with E-state index in [-0.39, 0.29) is 23.7 Å². The molecule has 6 nitrogen and oxygen atoms in total. The number of ether oxygens (including phenoxy) is 1. The molecule has 3 rings (SSSR count). The first-order valence-electron chi connectivity index (χ1n) is 9.25. The van der Waals surface area contributed by atoms with E-state index in [0.29, 0.717) is 30.5 Å². The van der Waals surface area contributed by atoms with E-state index < -0.39 is 0 Å². The van der Waals surface area contributed by atoms with Crippen LogP contribution < -0.4 is 10.6 Å². The minimum absolute atomic E-state index is 0. The smallest absolute Gasteiger partial charge is 0.230 e. The Hall–Kier alpha value is -1.54. The first-order chi connectivity index (χ1) is 13.2. The maximum Gasteiger partial charge on any atom is 0.230 e. The van der Waals surface area contributed by atoms with E-state index in [1.165, 1.54) is 0 Å². The molecule has 1 aromatic carbocycles. The van der Waals surface area contributed by atoms with E-state index in [4.69, 9.17) is 9.15 Å². The van der Waals surface area contributed by atoms with Crippen LogP contribution in [0, 0.1) is 5.41 Å². The van der Waals surface area contributed by atoms with Crippen molar-refractivity contribution in [1.29, 1.82) is 0 Å². The molecule has 0 radical (unpaired) electrons. The van der Waals surface area contributed by atoms with Crippen molar-refractivity contribution in [3.8, 4) is 11.5 Å². The van der Waals surface area contributed by atoms with Gasteiger partial charge in [-0.25, -0.2) is 4.98 Å². The van der Waals surface area contributed by atoms with Crippen LogP contribution in [-0.4, -0.2) is 50.0 Å². The number of benzene rings is 1. The zero-order valence-electron chi connectivity index (χ0n) is 16.1. The summed E-state index contributed by atoms with van der Waals surface area (Å²) in [6, 6.07) is 9.80. The Balaban J connectivity index is 0.00000280. The lowest BCUT2D eigenvalue weighted by molar-refractivity contribution is -0.119. The van der Waals surface area contributed by atoms with Crippen molar-refractivity contribution in [3.05, 3.63) is 42.3 Å². The van der Waals surface area contributed by atoms with Gasteiger partial charge in [-0.15, -0.1) is 24.2 Å². The molecule has 1 aliphatic rings. The number of hydrogen-bond donors (Lipinski definition) is 2. The van der Waals surface area contributed by atoms with Crippen molar-refractivity contribution in [3.63, 3.8) is 0 Å². The van der Waals surface area contributed by atoms with E-state index in [1.54, 1.807) is 25.1 Å². The zero-order valence-corrected chi connectivity index (χ0v) is 17.7. The second kappa shape index (κ2) is 11.5. The van der Waals surface area contributed by atoms with E-state index in [0.717, 1.165) is 37.2 Å². The molecule has 2 N–H and O–H groups in total. The van der Waals surface area contributed by atoms with Crippen molar-refractivity contribution >= 4 is 30.1 Å². The van der Waals surface area contributed by atoms with Gasteiger partial charge >= 0.3 is 0 Å². The molecule has 1 aromatic heterocycles. The molecule has 28 heavy (non-hydrogen) atoms. The summed E-state index contributed by atoms with van der Waals surface area (Å²) in [4.78, 5) is 16.7. The summed E-state index contributed by atoms with van der Waals surface area (Å²) in [7, 11) is 1.73. The van der Waals surface area contributed by atoms with Gasteiger partial charge in [0.05, 0.1) is 18.1 Å². The molecule has 1 aliphatic heterocycles. The molecule has 2 aromatic rings. The maximum atomic E-state index is 12.2. The second-order valence-corrected chi connectivity index (χ2v) is 7.95. The van der Waals surface area contributed by atoms with E-state index >= 15 is 0 Å². The van der Waals surface area contributed by atoms with Crippen molar-refractivity contribution < 1.29 is 13.9 Å². The summed E-state index contributed by atoms with van der Waals surface area (Å²) in [6.45, 7) is 3.31. The number of methoxy groups -OCH3 is 1. The van der Waals surface area contributed by atoms with Crippen LogP contribution in [0.1, 0.15) is 18.5 Å². The number of oxazole rings is 1. The summed E-state index contributed by atoms with van der Waals surface area (Å²) in [5.41, 5.74) is 1.86. The lowest BCUT2D eigenvalue weighted by atomic mass is 9.79. The van der Waals surface area contributed by atoms with Crippen LogP contribution >= 0.6 is 24.2 Å². The standard InChI is InChI=1S/C20H27N3O3S.ClH/c1-25-15-20(7-9-21-10-8-20)14-22-18(24)13-27-12-17-11-26-19(23-17)16-5-3-2-4-6-16;/h2-6,11,21H,7-10,12-15H2,1H3,(H,22,24);1H. The van der Waals surface area contributed by atoms with Gasteiger partial charge in [0, 0.05) is 30.4 Å². The number of carbonyl (C=O) groups is 1. The molecule has 0 unspecified atom stereocenters. The number of rotatable bonds is 9. The lowest BCUT2D eigenvalue weighted by Crippen LogP contribution is -2.47. The third kappa shape index (κ3) is 6.51. The Morgan fingerprint density at radius 1 is 1.32 bits per heavy atom. The number of nitrogens with zero attached hydrogens (tertiary/aromatic N) is 1. The van der Waals surface area contributed by atoms with Gasteiger partial charge in [-0.3, -0.25) is 4.79 Å². The third-order valence-electron chi connectivity index (χ3n) is 4.83. The van der Waals surface area contributed by atoms with Crippen LogP contribution in [-0.2, 0) is 15.3 Å². The largest absolute Gasteiger partial charge is 0.444 e. The number of halogens is 1. The van der Waals surface area contributed by atoms with Gasteiger partial charge in [0.2, 0.25) is 11.8 Å². The number of carbonyl (C=O) groups excluding carboxylic acids is 1. The van der Waals surface area contributed by atoms with E-state index in [9.17, 15) is 4.79 Å². The van der Waals surface area contributed by atoms with Gasteiger partial charge in [-0.05, 0) is 38.1 Å². The number of aromatic nitrogens is 1. The molecule has 0 spiro atoms. The molecular formula is C20H28ClN3O3S. The summed E-state index contributed by atoms with van der Waals surface area (Å²) in [5, 5.41) is 6.45. The van der Waals surface area contributed by atoms with Crippen LogP contribution in [0.3, 0.4) is 0 Å². The predicted molar refractivity (Wildman–Crippen MR) is 115 cm³/mol. The summed E-state index contributed by atoms with van der Waals surface area (Å²) >= 11 is 1.54. The topological polar surface area (TPSA) is 76.4 Å². The molecule has 0 atom stereocenters. The third-order valence-corrected chi connectivity index (χ3v) is 5.80. The average molecular weight is 426 g/mol. The Kier molecular flexibility index (Phi) is 9.31. The number of piperidine rings is 1. The summed E-state index contributed by atoms with van der Waals surface area (Å²) < 4.78 is 10.9. The van der Waals surface area contributed by atoms with Crippen molar-refractivity contribution in [1.82, 2.24) is 15.6 Å². The molecule has 0 bridgehead atoms. The average Bonchev–Trinajstić information content (AvgIpc) is 3.17.